The van der Waals surface area contributed by atoms with Crippen LogP contribution in [0.1, 0.15) is 38.1 Å². The second kappa shape index (κ2) is 6.03. The minimum Gasteiger partial charge on any atom is -0.465 e. The highest BCUT2D eigenvalue weighted by Crippen LogP contribution is 2.24. The second-order valence-corrected chi connectivity index (χ2v) is 7.64. The molecule has 0 heterocycles. The van der Waals surface area contributed by atoms with Crippen molar-refractivity contribution < 1.29 is 17.9 Å². The minimum absolute atomic E-state index is 0.0414. The Kier molecular flexibility index (Phi) is 5.01. The maximum absolute atomic E-state index is 12.5. The van der Waals surface area contributed by atoms with Crippen molar-refractivity contribution >= 4 is 21.7 Å². The number of hydrogen-bond acceptors (Lipinski definition) is 5. The van der Waals surface area contributed by atoms with Crippen LogP contribution in [0.2, 0.25) is 0 Å². The number of sulfonamides is 1. The van der Waals surface area contributed by atoms with Crippen molar-refractivity contribution in [3.8, 4) is 0 Å². The highest BCUT2D eigenvalue weighted by molar-refractivity contribution is 7.89. The molecule has 0 amide bonds. The first-order chi connectivity index (χ1) is 9.49. The number of nitrogens with two attached hydrogens (primary N) is 1. The van der Waals surface area contributed by atoms with E-state index in [1.807, 2.05) is 20.8 Å². The highest BCUT2D eigenvalue weighted by Gasteiger charge is 2.29. The molecule has 0 aliphatic carbocycles. The van der Waals surface area contributed by atoms with Crippen molar-refractivity contribution in [2.24, 2.45) is 5.41 Å². The van der Waals surface area contributed by atoms with E-state index in [2.05, 4.69) is 9.46 Å². The first-order valence-electron chi connectivity index (χ1n) is 6.49. The van der Waals surface area contributed by atoms with E-state index in [1.165, 1.54) is 25.3 Å². The van der Waals surface area contributed by atoms with Gasteiger partial charge in [0.05, 0.1) is 17.6 Å². The maximum Gasteiger partial charge on any atom is 0.339 e. The summed E-state index contributed by atoms with van der Waals surface area (Å²) >= 11 is 0. The van der Waals surface area contributed by atoms with E-state index in [1.54, 1.807) is 6.92 Å². The van der Waals surface area contributed by atoms with Gasteiger partial charge in [0.1, 0.15) is 0 Å². The summed E-state index contributed by atoms with van der Waals surface area (Å²) in [6.45, 7) is 7.52. The predicted octanol–water partition coefficient (Wildman–Crippen LogP) is 1.77. The third kappa shape index (κ3) is 4.18. The molecule has 3 N–H and O–H groups in total. The Balaban J connectivity index is 3.31. The van der Waals surface area contributed by atoms with E-state index in [-0.39, 0.29) is 27.6 Å². The summed E-state index contributed by atoms with van der Waals surface area (Å²) in [7, 11) is -2.69. The monoisotopic (exact) mass is 314 g/mol. The Morgan fingerprint density at radius 2 is 1.90 bits per heavy atom. The van der Waals surface area contributed by atoms with Gasteiger partial charge in [-0.1, -0.05) is 20.8 Å². The van der Waals surface area contributed by atoms with E-state index in [4.69, 9.17) is 5.73 Å². The molecule has 1 atom stereocenters. The first-order valence-corrected chi connectivity index (χ1v) is 7.97. The smallest absolute Gasteiger partial charge is 0.339 e. The number of ether oxygens (including phenoxy) is 1. The zero-order valence-electron chi connectivity index (χ0n) is 12.9. The Morgan fingerprint density at radius 3 is 2.38 bits per heavy atom. The van der Waals surface area contributed by atoms with Crippen LogP contribution in [0.25, 0.3) is 0 Å². The zero-order chi connectivity index (χ0) is 16.4. The molecule has 0 aliphatic heterocycles. The average molecular weight is 314 g/mol. The number of anilines is 1. The number of hydrogen-bond donors (Lipinski definition) is 2. The van der Waals surface area contributed by atoms with Gasteiger partial charge in [-0.2, -0.15) is 0 Å². The van der Waals surface area contributed by atoms with Gasteiger partial charge in [0.2, 0.25) is 10.0 Å². The molecule has 0 saturated carbocycles. The standard InChI is InChI=1S/C14H22N2O4S/c1-9(14(2,3)4)16-21(18,19)12-8-10(15)6-7-11(12)13(17)20-5/h6-9,16H,15H2,1-5H3. The molecule has 0 radical (unpaired) electrons. The topological polar surface area (TPSA) is 98.5 Å². The van der Waals surface area contributed by atoms with Gasteiger partial charge in [-0.05, 0) is 30.5 Å². The van der Waals surface area contributed by atoms with E-state index in [9.17, 15) is 13.2 Å². The number of nitrogens with one attached hydrogen (secondary N) is 1. The second-order valence-electron chi connectivity index (χ2n) is 5.96. The quantitative estimate of drug-likeness (QED) is 0.652. The molecule has 21 heavy (non-hydrogen) atoms. The molecule has 0 spiro atoms. The van der Waals surface area contributed by atoms with Crippen LogP contribution in [-0.4, -0.2) is 27.5 Å². The zero-order valence-corrected chi connectivity index (χ0v) is 13.7. The van der Waals surface area contributed by atoms with Crippen LogP contribution in [0.15, 0.2) is 23.1 Å². The van der Waals surface area contributed by atoms with Gasteiger partial charge in [0.15, 0.2) is 0 Å². The molecule has 1 unspecified atom stereocenters. The summed E-state index contributed by atoms with van der Waals surface area (Å²) in [5.74, 6) is -0.723. The summed E-state index contributed by atoms with van der Waals surface area (Å²) in [4.78, 5) is 11.5. The fourth-order valence-corrected chi connectivity index (χ4v) is 3.19. The van der Waals surface area contributed by atoms with Crippen LogP contribution < -0.4 is 10.5 Å². The number of esters is 1. The van der Waals surface area contributed by atoms with Gasteiger partial charge >= 0.3 is 5.97 Å². The van der Waals surface area contributed by atoms with Crippen molar-refractivity contribution in [2.45, 2.75) is 38.6 Å². The Hall–Kier alpha value is -1.60. The van der Waals surface area contributed by atoms with Crippen LogP contribution in [0, 0.1) is 5.41 Å². The van der Waals surface area contributed by atoms with E-state index in [0.717, 1.165) is 0 Å². The Morgan fingerprint density at radius 1 is 1.33 bits per heavy atom. The molecule has 1 rings (SSSR count). The number of carbonyl (C=O) groups is 1. The summed E-state index contributed by atoms with van der Waals surface area (Å²) in [5, 5.41) is 0. The molecule has 118 valence electrons. The van der Waals surface area contributed by atoms with E-state index >= 15 is 0 Å². The third-order valence-corrected chi connectivity index (χ3v) is 4.91. The lowest BCUT2D eigenvalue weighted by Gasteiger charge is -2.28. The van der Waals surface area contributed by atoms with Gasteiger partial charge in [-0.15, -0.1) is 0 Å². The largest absolute Gasteiger partial charge is 0.465 e. The fourth-order valence-electron chi connectivity index (χ4n) is 1.51. The maximum atomic E-state index is 12.5. The summed E-state index contributed by atoms with van der Waals surface area (Å²) < 4.78 is 32.2. The van der Waals surface area contributed by atoms with Gasteiger partial charge in [-0.25, -0.2) is 17.9 Å². The van der Waals surface area contributed by atoms with Crippen LogP contribution >= 0.6 is 0 Å². The van der Waals surface area contributed by atoms with Crippen molar-refractivity contribution in [3.63, 3.8) is 0 Å². The molecular weight excluding hydrogens is 292 g/mol. The Bertz CT molecular complexity index is 633. The van der Waals surface area contributed by atoms with E-state index < -0.39 is 16.0 Å². The van der Waals surface area contributed by atoms with Gasteiger partial charge in [0, 0.05) is 11.7 Å². The lowest BCUT2D eigenvalue weighted by Crippen LogP contribution is -2.41. The average Bonchev–Trinajstić information content (AvgIpc) is 2.36. The normalized spacial score (nSPS) is 13.8. The molecule has 1 aromatic rings. The number of nitrogen functional groups attached to an aromatic ring is 1. The molecular formula is C14H22N2O4S. The SMILES string of the molecule is COC(=O)c1ccc(N)cc1S(=O)(=O)NC(C)C(C)(C)C. The third-order valence-electron chi connectivity index (χ3n) is 3.33. The number of benzene rings is 1. The van der Waals surface area contributed by atoms with Crippen molar-refractivity contribution in [1.82, 2.24) is 4.72 Å². The fraction of sp³-hybridized carbons (Fsp3) is 0.500. The highest BCUT2D eigenvalue weighted by atomic mass is 32.2. The minimum atomic E-state index is -3.88. The predicted molar refractivity (Wildman–Crippen MR) is 81.4 cm³/mol. The molecule has 6 nitrogen and oxygen atoms in total. The van der Waals surface area contributed by atoms with Crippen molar-refractivity contribution in [2.75, 3.05) is 12.8 Å². The van der Waals surface area contributed by atoms with Crippen molar-refractivity contribution in [3.05, 3.63) is 23.8 Å². The summed E-state index contributed by atoms with van der Waals surface area (Å²) in [5.41, 5.74) is 5.59. The molecule has 7 heteroatoms. The van der Waals surface area contributed by atoms with Crippen LogP contribution in [0.5, 0.6) is 0 Å². The molecule has 0 bridgehead atoms. The number of carbonyl (C=O) groups excluding carboxylic acids is 1. The number of methoxy groups -OCH3 is 1. The lowest BCUT2D eigenvalue weighted by molar-refractivity contribution is 0.0596. The summed E-state index contributed by atoms with van der Waals surface area (Å²) in [6.07, 6.45) is 0. The number of rotatable bonds is 4. The van der Waals surface area contributed by atoms with Crippen LogP contribution in [-0.2, 0) is 14.8 Å². The Labute approximate surface area is 125 Å². The molecule has 0 aromatic heterocycles. The molecule has 1 aromatic carbocycles. The van der Waals surface area contributed by atoms with Gasteiger partial charge in [0.25, 0.3) is 0 Å². The van der Waals surface area contributed by atoms with Crippen molar-refractivity contribution in [1.29, 1.82) is 0 Å². The van der Waals surface area contributed by atoms with E-state index in [0.29, 0.717) is 0 Å². The first kappa shape index (κ1) is 17.5. The van der Waals surface area contributed by atoms with Crippen LogP contribution in [0.3, 0.4) is 0 Å². The summed E-state index contributed by atoms with van der Waals surface area (Å²) in [6, 6.07) is 3.73. The molecule has 0 saturated heterocycles. The van der Waals surface area contributed by atoms with Gasteiger partial charge < -0.3 is 10.5 Å². The van der Waals surface area contributed by atoms with Crippen LogP contribution in [0.4, 0.5) is 5.69 Å². The van der Waals surface area contributed by atoms with Gasteiger partial charge in [-0.3, -0.25) is 0 Å². The molecule has 0 fully saturated rings. The lowest BCUT2D eigenvalue weighted by atomic mass is 9.89. The molecule has 0 aliphatic rings.